The van der Waals surface area contributed by atoms with Crippen molar-refractivity contribution in [3.05, 3.63) is 29.3 Å². The zero-order valence-electron chi connectivity index (χ0n) is 15.5. The van der Waals surface area contributed by atoms with Gasteiger partial charge in [0.15, 0.2) is 5.78 Å². The van der Waals surface area contributed by atoms with Gasteiger partial charge >= 0.3 is 8.80 Å². The number of rotatable bonds is 12. The molecule has 0 fully saturated rings. The summed E-state index contributed by atoms with van der Waals surface area (Å²) >= 11 is 0. The average Bonchev–Trinajstić information content (AvgIpc) is 2.59. The number of aryl methyl sites for hydroxylation is 1. The molecular weight excluding hydrogens is 324 g/mol. The van der Waals surface area contributed by atoms with Crippen LogP contribution in [0.1, 0.15) is 50.0 Å². The largest absolute Gasteiger partial charge is 0.501 e. The molecule has 0 bridgehead atoms. The van der Waals surface area contributed by atoms with Crippen molar-refractivity contribution in [2.75, 3.05) is 26.9 Å². The van der Waals surface area contributed by atoms with Gasteiger partial charge in [0.05, 0.1) is 7.11 Å². The predicted molar refractivity (Wildman–Crippen MR) is 96.8 cm³/mol. The molecule has 6 heteroatoms. The summed E-state index contributed by atoms with van der Waals surface area (Å²) < 4.78 is 23.0. The van der Waals surface area contributed by atoms with Gasteiger partial charge in [0.2, 0.25) is 0 Å². The van der Waals surface area contributed by atoms with Gasteiger partial charge in [-0.2, -0.15) is 0 Å². The Kier molecular flexibility index (Phi) is 9.21. The average molecular weight is 355 g/mol. The summed E-state index contributed by atoms with van der Waals surface area (Å²) in [6.45, 7) is 9.34. The molecule has 0 spiro atoms. The van der Waals surface area contributed by atoms with E-state index in [1.807, 2.05) is 45.9 Å². The molecule has 0 aliphatic heterocycles. The summed E-state index contributed by atoms with van der Waals surface area (Å²) in [6, 6.07) is 6.22. The third-order valence-corrected chi connectivity index (χ3v) is 6.78. The van der Waals surface area contributed by atoms with Crippen molar-refractivity contribution in [2.45, 2.75) is 46.6 Å². The second-order valence-corrected chi connectivity index (χ2v) is 8.01. The van der Waals surface area contributed by atoms with Crippen LogP contribution in [-0.2, 0) is 19.7 Å². The molecule has 0 atom stereocenters. The van der Waals surface area contributed by atoms with Gasteiger partial charge in [-0.3, -0.25) is 4.79 Å². The molecular formula is C18H30O5Si. The quantitative estimate of drug-likeness (QED) is 0.421. The standard InChI is InChI=1S/C18H30O5Si/c1-6-18(19)17-11-10-16(20-5)14-15(17)12-13-24(21-7-2,22-8-3)23-9-4/h10-11,14H,6-9,12-13H2,1-5H3. The van der Waals surface area contributed by atoms with Crippen LogP contribution in [-0.4, -0.2) is 41.5 Å². The molecule has 1 aromatic rings. The number of carbonyl (C=O) groups excluding carboxylic acids is 1. The van der Waals surface area contributed by atoms with Gasteiger partial charge in [0.25, 0.3) is 0 Å². The van der Waals surface area contributed by atoms with Crippen molar-refractivity contribution < 1.29 is 22.8 Å². The van der Waals surface area contributed by atoms with Crippen LogP contribution in [0.15, 0.2) is 18.2 Å². The van der Waals surface area contributed by atoms with E-state index in [2.05, 4.69) is 0 Å². The number of benzene rings is 1. The van der Waals surface area contributed by atoms with Gasteiger partial charge in [0.1, 0.15) is 5.75 Å². The first-order valence-electron chi connectivity index (χ1n) is 8.67. The zero-order valence-corrected chi connectivity index (χ0v) is 16.5. The number of methoxy groups -OCH3 is 1. The van der Waals surface area contributed by atoms with E-state index in [9.17, 15) is 4.79 Å². The highest BCUT2D eigenvalue weighted by molar-refractivity contribution is 6.60. The second-order valence-electron chi connectivity index (χ2n) is 5.28. The van der Waals surface area contributed by atoms with Crippen LogP contribution in [0.25, 0.3) is 0 Å². The highest BCUT2D eigenvalue weighted by atomic mass is 28.4. The van der Waals surface area contributed by atoms with Gasteiger partial charge in [0, 0.05) is 37.8 Å². The molecule has 0 amide bonds. The summed E-state index contributed by atoms with van der Waals surface area (Å²) in [5.41, 5.74) is 1.70. The lowest BCUT2D eigenvalue weighted by atomic mass is 10.00. The van der Waals surface area contributed by atoms with Gasteiger partial charge in [-0.05, 0) is 51.0 Å². The minimum Gasteiger partial charge on any atom is -0.497 e. The lowest BCUT2D eigenvalue weighted by Crippen LogP contribution is -2.46. The van der Waals surface area contributed by atoms with Crippen LogP contribution in [0.2, 0.25) is 6.04 Å². The van der Waals surface area contributed by atoms with E-state index >= 15 is 0 Å². The van der Waals surface area contributed by atoms with Crippen molar-refractivity contribution >= 4 is 14.6 Å². The molecule has 0 aromatic heterocycles. The second kappa shape index (κ2) is 10.6. The zero-order chi connectivity index (χ0) is 18.0. The Balaban J connectivity index is 3.05. The van der Waals surface area contributed by atoms with E-state index in [0.717, 1.165) is 16.9 Å². The molecule has 24 heavy (non-hydrogen) atoms. The van der Waals surface area contributed by atoms with Crippen LogP contribution >= 0.6 is 0 Å². The number of hydrogen-bond donors (Lipinski definition) is 0. The lowest BCUT2D eigenvalue weighted by molar-refractivity contribution is 0.0713. The maximum Gasteiger partial charge on any atom is 0.501 e. The molecule has 5 nitrogen and oxygen atoms in total. The fourth-order valence-corrected chi connectivity index (χ4v) is 5.23. The molecule has 1 rings (SSSR count). The first-order valence-corrected chi connectivity index (χ1v) is 10.6. The summed E-state index contributed by atoms with van der Waals surface area (Å²) in [5, 5.41) is 0. The number of Topliss-reactive ketones (excluding diaryl/α,β-unsaturated/α-hetero) is 1. The first kappa shape index (κ1) is 20.8. The Hall–Kier alpha value is -1.21. The van der Waals surface area contributed by atoms with E-state index in [4.69, 9.17) is 18.0 Å². The molecule has 0 saturated heterocycles. The van der Waals surface area contributed by atoms with E-state index in [-0.39, 0.29) is 5.78 Å². The number of hydrogen-bond acceptors (Lipinski definition) is 5. The fourth-order valence-electron chi connectivity index (χ4n) is 2.66. The van der Waals surface area contributed by atoms with Crippen LogP contribution in [0.4, 0.5) is 0 Å². The molecule has 1 aromatic carbocycles. The Morgan fingerprint density at radius 3 is 2.04 bits per heavy atom. The molecule has 0 unspecified atom stereocenters. The summed E-state index contributed by atoms with van der Waals surface area (Å²) in [5.74, 6) is 0.873. The molecule has 0 saturated carbocycles. The lowest BCUT2D eigenvalue weighted by Gasteiger charge is -2.28. The van der Waals surface area contributed by atoms with Gasteiger partial charge < -0.3 is 18.0 Å². The SMILES string of the molecule is CCO[Si](CCc1cc(OC)ccc1C(=O)CC)(OCC)OCC. The van der Waals surface area contributed by atoms with Crippen molar-refractivity contribution in [1.29, 1.82) is 0 Å². The fraction of sp³-hybridized carbons (Fsp3) is 0.611. The minimum absolute atomic E-state index is 0.129. The number of carbonyl (C=O) groups is 1. The third kappa shape index (κ3) is 5.70. The molecule has 0 N–H and O–H groups in total. The Morgan fingerprint density at radius 1 is 1.00 bits per heavy atom. The van der Waals surface area contributed by atoms with Crippen molar-refractivity contribution in [1.82, 2.24) is 0 Å². The summed E-state index contributed by atoms with van der Waals surface area (Å²) in [6.07, 6.45) is 1.13. The summed E-state index contributed by atoms with van der Waals surface area (Å²) in [4.78, 5) is 12.2. The first-order chi connectivity index (χ1) is 11.6. The minimum atomic E-state index is -2.73. The van der Waals surface area contributed by atoms with Crippen molar-refractivity contribution in [2.24, 2.45) is 0 Å². The smallest absolute Gasteiger partial charge is 0.497 e. The Labute approximate surface area is 146 Å². The Bertz CT molecular complexity index is 501. The number of ether oxygens (including phenoxy) is 1. The van der Waals surface area contributed by atoms with Gasteiger partial charge in [-0.1, -0.05) is 6.92 Å². The molecule has 0 aliphatic carbocycles. The molecule has 136 valence electrons. The Morgan fingerprint density at radius 2 is 1.58 bits per heavy atom. The normalized spacial score (nSPS) is 11.5. The molecule has 0 aliphatic rings. The van der Waals surface area contributed by atoms with Crippen LogP contribution in [0.3, 0.4) is 0 Å². The summed E-state index contributed by atoms with van der Waals surface area (Å²) in [7, 11) is -1.10. The van der Waals surface area contributed by atoms with E-state index in [1.165, 1.54) is 0 Å². The van der Waals surface area contributed by atoms with Crippen LogP contribution < -0.4 is 4.74 Å². The number of ketones is 1. The van der Waals surface area contributed by atoms with Crippen LogP contribution in [0, 0.1) is 0 Å². The van der Waals surface area contributed by atoms with E-state index < -0.39 is 8.80 Å². The van der Waals surface area contributed by atoms with Gasteiger partial charge in [-0.25, -0.2) is 0 Å². The van der Waals surface area contributed by atoms with Crippen LogP contribution in [0.5, 0.6) is 5.75 Å². The predicted octanol–water partition coefficient (Wildman–Crippen LogP) is 3.88. The monoisotopic (exact) mass is 354 g/mol. The maximum atomic E-state index is 12.2. The van der Waals surface area contributed by atoms with Crippen molar-refractivity contribution in [3.63, 3.8) is 0 Å². The van der Waals surface area contributed by atoms with Gasteiger partial charge in [-0.15, -0.1) is 0 Å². The molecule has 0 heterocycles. The third-order valence-electron chi connectivity index (χ3n) is 3.73. The maximum absolute atomic E-state index is 12.2. The van der Waals surface area contributed by atoms with E-state index in [1.54, 1.807) is 7.11 Å². The topological polar surface area (TPSA) is 54.0 Å². The van der Waals surface area contributed by atoms with Crippen molar-refractivity contribution in [3.8, 4) is 5.75 Å². The van der Waals surface area contributed by atoms with E-state index in [0.29, 0.717) is 38.7 Å². The molecule has 0 radical (unpaired) electrons. The highest BCUT2D eigenvalue weighted by Crippen LogP contribution is 2.25. The highest BCUT2D eigenvalue weighted by Gasteiger charge is 2.40.